The lowest BCUT2D eigenvalue weighted by Crippen LogP contribution is -2.46. The van der Waals surface area contributed by atoms with Crippen LogP contribution in [0.5, 0.6) is 0 Å². The number of aromatic nitrogens is 1. The number of hydrogen-bond donors (Lipinski definition) is 1. The van der Waals surface area contributed by atoms with Crippen LogP contribution in [0.2, 0.25) is 0 Å². The Hall–Kier alpha value is -1.40. The van der Waals surface area contributed by atoms with Crippen LogP contribution in [0.25, 0.3) is 0 Å². The molecule has 2 heterocycles. The van der Waals surface area contributed by atoms with Gasteiger partial charge in [0, 0.05) is 25.1 Å². The fraction of sp³-hybridized carbons (Fsp3) is 0.692. The molecule has 6 nitrogen and oxygen atoms in total. The van der Waals surface area contributed by atoms with Crippen LogP contribution >= 0.6 is 0 Å². The first-order valence-electron chi connectivity index (χ1n) is 6.53. The normalized spacial score (nSPS) is 19.7. The van der Waals surface area contributed by atoms with E-state index in [9.17, 15) is 4.79 Å². The average molecular weight is 268 g/mol. The number of carbonyl (C=O) groups is 1. The third-order valence-corrected chi connectivity index (χ3v) is 3.47. The second-order valence-corrected chi connectivity index (χ2v) is 4.82. The van der Waals surface area contributed by atoms with Crippen molar-refractivity contribution in [1.29, 1.82) is 0 Å². The van der Waals surface area contributed by atoms with Crippen molar-refractivity contribution in [2.75, 3.05) is 26.3 Å². The molecule has 6 heteroatoms. The van der Waals surface area contributed by atoms with E-state index in [-0.39, 0.29) is 18.6 Å². The van der Waals surface area contributed by atoms with E-state index in [0.717, 1.165) is 17.0 Å². The molecule has 1 unspecified atom stereocenters. The van der Waals surface area contributed by atoms with Gasteiger partial charge < -0.3 is 19.3 Å². The third kappa shape index (κ3) is 3.33. The third-order valence-electron chi connectivity index (χ3n) is 3.47. The maximum absolute atomic E-state index is 12.1. The lowest BCUT2D eigenvalue weighted by Gasteiger charge is -2.32. The molecule has 0 radical (unpaired) electrons. The number of carbonyl (C=O) groups excluding carboxylic acids is 1. The van der Waals surface area contributed by atoms with Crippen molar-refractivity contribution >= 4 is 5.91 Å². The maximum Gasteiger partial charge on any atom is 0.223 e. The van der Waals surface area contributed by atoms with Crippen molar-refractivity contribution in [3.8, 4) is 0 Å². The minimum Gasteiger partial charge on any atom is -0.394 e. The second-order valence-electron chi connectivity index (χ2n) is 4.82. The highest BCUT2D eigenvalue weighted by Crippen LogP contribution is 2.15. The van der Waals surface area contributed by atoms with Crippen LogP contribution < -0.4 is 0 Å². The molecule has 1 amide bonds. The Balaban J connectivity index is 1.87. The Kier molecular flexibility index (Phi) is 4.55. The van der Waals surface area contributed by atoms with Gasteiger partial charge in [-0.2, -0.15) is 0 Å². The predicted octanol–water partition coefficient (Wildman–Crippen LogP) is 0.444. The van der Waals surface area contributed by atoms with E-state index in [1.807, 2.05) is 13.8 Å². The molecule has 106 valence electrons. The molecular weight excluding hydrogens is 248 g/mol. The zero-order valence-corrected chi connectivity index (χ0v) is 11.4. The number of morpholine rings is 1. The van der Waals surface area contributed by atoms with E-state index in [1.54, 1.807) is 4.90 Å². The molecule has 1 aliphatic heterocycles. The summed E-state index contributed by atoms with van der Waals surface area (Å²) in [5, 5.41) is 12.9. The molecule has 0 saturated carbocycles. The van der Waals surface area contributed by atoms with Crippen LogP contribution in [-0.4, -0.2) is 53.5 Å². The van der Waals surface area contributed by atoms with Crippen molar-refractivity contribution in [3.63, 3.8) is 0 Å². The van der Waals surface area contributed by atoms with Gasteiger partial charge in [0.1, 0.15) is 5.76 Å². The van der Waals surface area contributed by atoms with Crippen molar-refractivity contribution < 1.29 is 19.2 Å². The van der Waals surface area contributed by atoms with Gasteiger partial charge in [-0.1, -0.05) is 5.16 Å². The highest BCUT2D eigenvalue weighted by molar-refractivity contribution is 5.76. The number of nitrogens with zero attached hydrogens (tertiary/aromatic N) is 2. The lowest BCUT2D eigenvalue weighted by molar-refractivity contribution is -0.140. The van der Waals surface area contributed by atoms with E-state index in [1.165, 1.54) is 0 Å². The van der Waals surface area contributed by atoms with Crippen LogP contribution in [0.3, 0.4) is 0 Å². The van der Waals surface area contributed by atoms with Gasteiger partial charge in [-0.3, -0.25) is 4.79 Å². The SMILES string of the molecule is Cc1noc(C)c1CCC(=O)N1CCOC(CO)C1. The highest BCUT2D eigenvalue weighted by Gasteiger charge is 2.23. The molecule has 1 aromatic heterocycles. The first kappa shape index (κ1) is 14.0. The minimum absolute atomic E-state index is 0.0480. The van der Waals surface area contributed by atoms with Gasteiger partial charge in [-0.25, -0.2) is 0 Å². The number of ether oxygens (including phenoxy) is 1. The summed E-state index contributed by atoms with van der Waals surface area (Å²) < 4.78 is 10.4. The Labute approximate surface area is 112 Å². The Morgan fingerprint density at radius 3 is 2.95 bits per heavy atom. The van der Waals surface area contributed by atoms with Gasteiger partial charge in [0.25, 0.3) is 0 Å². The van der Waals surface area contributed by atoms with Crippen molar-refractivity contribution in [3.05, 3.63) is 17.0 Å². The molecule has 1 saturated heterocycles. The van der Waals surface area contributed by atoms with Crippen LogP contribution in [0.1, 0.15) is 23.4 Å². The summed E-state index contributed by atoms with van der Waals surface area (Å²) in [4.78, 5) is 13.9. The van der Waals surface area contributed by atoms with Gasteiger partial charge in [0.05, 0.1) is 25.0 Å². The van der Waals surface area contributed by atoms with E-state index < -0.39 is 0 Å². The smallest absolute Gasteiger partial charge is 0.223 e. The van der Waals surface area contributed by atoms with Gasteiger partial charge in [0.2, 0.25) is 5.91 Å². The summed E-state index contributed by atoms with van der Waals surface area (Å²) in [5.41, 5.74) is 1.86. The molecule has 0 aliphatic carbocycles. The summed E-state index contributed by atoms with van der Waals surface area (Å²) in [5.74, 6) is 0.863. The van der Waals surface area contributed by atoms with E-state index >= 15 is 0 Å². The summed E-state index contributed by atoms with van der Waals surface area (Å²) in [7, 11) is 0. The second kappa shape index (κ2) is 6.16. The van der Waals surface area contributed by atoms with Crippen LogP contribution in [0.4, 0.5) is 0 Å². The fourth-order valence-electron chi connectivity index (χ4n) is 2.31. The molecular formula is C13H20N2O4. The zero-order chi connectivity index (χ0) is 13.8. The van der Waals surface area contributed by atoms with Gasteiger partial charge >= 0.3 is 0 Å². The quantitative estimate of drug-likeness (QED) is 0.857. The van der Waals surface area contributed by atoms with Crippen molar-refractivity contribution in [1.82, 2.24) is 10.1 Å². The van der Waals surface area contributed by atoms with Crippen molar-refractivity contribution in [2.24, 2.45) is 0 Å². The Morgan fingerprint density at radius 2 is 2.32 bits per heavy atom. The summed E-state index contributed by atoms with van der Waals surface area (Å²) in [6.07, 6.45) is 0.819. The molecule has 1 fully saturated rings. The standard InChI is InChI=1S/C13H20N2O4/c1-9-12(10(2)19-14-9)3-4-13(17)15-5-6-18-11(7-15)8-16/h11,16H,3-8H2,1-2H3. The average Bonchev–Trinajstić information content (AvgIpc) is 2.75. The van der Waals surface area contributed by atoms with E-state index in [4.69, 9.17) is 14.4 Å². The molecule has 0 bridgehead atoms. The number of aliphatic hydroxyl groups excluding tert-OH is 1. The topological polar surface area (TPSA) is 75.8 Å². The first-order valence-corrected chi connectivity index (χ1v) is 6.53. The van der Waals surface area contributed by atoms with Crippen LogP contribution in [0, 0.1) is 13.8 Å². The fourth-order valence-corrected chi connectivity index (χ4v) is 2.31. The van der Waals surface area contributed by atoms with Gasteiger partial charge in [0.15, 0.2) is 0 Å². The lowest BCUT2D eigenvalue weighted by atomic mass is 10.1. The Bertz CT molecular complexity index is 424. The highest BCUT2D eigenvalue weighted by atomic mass is 16.5. The minimum atomic E-state index is -0.253. The van der Waals surface area contributed by atoms with E-state index in [0.29, 0.717) is 32.5 Å². The van der Waals surface area contributed by atoms with Crippen LogP contribution in [0.15, 0.2) is 4.52 Å². The number of rotatable bonds is 4. The summed E-state index contributed by atoms with van der Waals surface area (Å²) in [6, 6.07) is 0. The maximum atomic E-state index is 12.1. The Morgan fingerprint density at radius 1 is 1.53 bits per heavy atom. The summed E-state index contributed by atoms with van der Waals surface area (Å²) >= 11 is 0. The first-order chi connectivity index (χ1) is 9.11. The number of hydrogen-bond acceptors (Lipinski definition) is 5. The number of aryl methyl sites for hydroxylation is 2. The number of aliphatic hydroxyl groups is 1. The molecule has 1 N–H and O–H groups in total. The summed E-state index contributed by atoms with van der Waals surface area (Å²) in [6.45, 7) is 5.24. The van der Waals surface area contributed by atoms with Crippen LogP contribution in [-0.2, 0) is 16.0 Å². The molecule has 0 aromatic carbocycles. The van der Waals surface area contributed by atoms with Gasteiger partial charge in [-0.05, 0) is 20.3 Å². The molecule has 2 rings (SSSR count). The largest absolute Gasteiger partial charge is 0.394 e. The molecule has 0 spiro atoms. The molecule has 1 aromatic rings. The number of amides is 1. The monoisotopic (exact) mass is 268 g/mol. The van der Waals surface area contributed by atoms with E-state index in [2.05, 4.69) is 5.16 Å². The molecule has 19 heavy (non-hydrogen) atoms. The van der Waals surface area contributed by atoms with Crippen molar-refractivity contribution in [2.45, 2.75) is 32.8 Å². The molecule has 1 atom stereocenters. The zero-order valence-electron chi connectivity index (χ0n) is 11.4. The van der Waals surface area contributed by atoms with Gasteiger partial charge in [-0.15, -0.1) is 0 Å². The molecule has 1 aliphatic rings. The predicted molar refractivity (Wildman–Crippen MR) is 67.7 cm³/mol.